The lowest BCUT2D eigenvalue weighted by molar-refractivity contribution is -0.126. The Morgan fingerprint density at radius 3 is 2.64 bits per heavy atom. The van der Waals surface area contributed by atoms with Gasteiger partial charge in [0, 0.05) is 12.3 Å². The van der Waals surface area contributed by atoms with Crippen LogP contribution in [0.3, 0.4) is 0 Å². The highest BCUT2D eigenvalue weighted by Gasteiger charge is 2.24. The van der Waals surface area contributed by atoms with Crippen LogP contribution in [0.1, 0.15) is 39.5 Å². The van der Waals surface area contributed by atoms with E-state index in [1.54, 1.807) is 19.1 Å². The van der Waals surface area contributed by atoms with Crippen molar-refractivity contribution in [1.82, 2.24) is 0 Å². The molecule has 1 fully saturated rings. The van der Waals surface area contributed by atoms with E-state index in [9.17, 15) is 9.90 Å². The van der Waals surface area contributed by atoms with Crippen molar-refractivity contribution in [2.45, 2.75) is 57.8 Å². The number of rotatable bonds is 6. The molecule has 0 aromatic heterocycles. The molecule has 0 saturated heterocycles. The van der Waals surface area contributed by atoms with E-state index in [-0.39, 0.29) is 18.1 Å². The van der Waals surface area contributed by atoms with Crippen LogP contribution >= 0.6 is 0 Å². The average molecular weight is 307 g/mol. The predicted molar refractivity (Wildman–Crippen MR) is 85.1 cm³/mol. The molecule has 0 radical (unpaired) electrons. The number of carbonyl (C=O) groups is 1. The van der Waals surface area contributed by atoms with Crippen molar-refractivity contribution in [3.05, 3.63) is 24.3 Å². The number of amides is 1. The first-order valence-electron chi connectivity index (χ1n) is 7.97. The third kappa shape index (κ3) is 4.71. The van der Waals surface area contributed by atoms with Crippen LogP contribution in [0.5, 0.6) is 5.75 Å². The molecule has 122 valence electrons. The molecule has 1 aliphatic rings. The van der Waals surface area contributed by atoms with Crippen LogP contribution in [0.4, 0.5) is 5.69 Å². The summed E-state index contributed by atoms with van der Waals surface area (Å²) in [5.74, 6) is 0.542. The monoisotopic (exact) mass is 307 g/mol. The van der Waals surface area contributed by atoms with E-state index in [1.165, 1.54) is 0 Å². The minimum absolute atomic E-state index is 0.132. The highest BCUT2D eigenvalue weighted by Crippen LogP contribution is 2.24. The van der Waals surface area contributed by atoms with Gasteiger partial charge in [-0.15, -0.1) is 0 Å². The van der Waals surface area contributed by atoms with Gasteiger partial charge in [0.1, 0.15) is 18.0 Å². The van der Waals surface area contributed by atoms with Gasteiger partial charge in [-0.05, 0) is 57.4 Å². The Morgan fingerprint density at radius 1 is 1.32 bits per heavy atom. The Kier molecular flexibility index (Phi) is 6.21. The fraction of sp³-hybridized carbons (Fsp3) is 0.588. The molecule has 5 nitrogen and oxygen atoms in total. The highest BCUT2D eigenvalue weighted by molar-refractivity contribution is 5.93. The van der Waals surface area contributed by atoms with Crippen LogP contribution in [0.15, 0.2) is 24.3 Å². The van der Waals surface area contributed by atoms with Gasteiger partial charge in [-0.2, -0.15) is 0 Å². The second-order valence-corrected chi connectivity index (χ2v) is 5.62. The van der Waals surface area contributed by atoms with E-state index in [2.05, 4.69) is 5.32 Å². The number of carbonyl (C=O) groups excluding carboxylic acids is 1. The van der Waals surface area contributed by atoms with Crippen molar-refractivity contribution in [1.29, 1.82) is 0 Å². The Labute approximate surface area is 131 Å². The zero-order valence-corrected chi connectivity index (χ0v) is 13.2. The third-order valence-electron chi connectivity index (χ3n) is 3.86. The van der Waals surface area contributed by atoms with Gasteiger partial charge in [-0.1, -0.05) is 6.42 Å². The summed E-state index contributed by atoms with van der Waals surface area (Å²) in [6.45, 7) is 4.08. The van der Waals surface area contributed by atoms with Crippen molar-refractivity contribution in [3.8, 4) is 5.75 Å². The van der Waals surface area contributed by atoms with Crippen molar-refractivity contribution in [2.75, 3.05) is 11.9 Å². The maximum Gasteiger partial charge on any atom is 0.253 e. The Bertz CT molecular complexity index is 474. The normalized spacial score (nSPS) is 22.9. The van der Waals surface area contributed by atoms with E-state index in [4.69, 9.17) is 9.47 Å². The van der Waals surface area contributed by atoms with Crippen LogP contribution in [-0.4, -0.2) is 35.9 Å². The molecular weight excluding hydrogens is 282 g/mol. The molecule has 0 unspecified atom stereocenters. The fourth-order valence-electron chi connectivity index (χ4n) is 2.58. The van der Waals surface area contributed by atoms with Crippen LogP contribution in [0.2, 0.25) is 0 Å². The zero-order valence-electron chi connectivity index (χ0n) is 13.2. The third-order valence-corrected chi connectivity index (χ3v) is 3.86. The van der Waals surface area contributed by atoms with Crippen LogP contribution in [0.25, 0.3) is 0 Å². The van der Waals surface area contributed by atoms with Gasteiger partial charge >= 0.3 is 0 Å². The van der Waals surface area contributed by atoms with Crippen LogP contribution in [0, 0.1) is 0 Å². The van der Waals surface area contributed by atoms with Gasteiger partial charge in [0.15, 0.2) is 0 Å². The lowest BCUT2D eigenvalue weighted by Gasteiger charge is -2.28. The molecule has 1 saturated carbocycles. The number of hydrogen-bond donors (Lipinski definition) is 2. The zero-order chi connectivity index (χ0) is 15.9. The van der Waals surface area contributed by atoms with Gasteiger partial charge in [0.2, 0.25) is 0 Å². The Balaban J connectivity index is 1.88. The standard InChI is InChI=1S/C17H25NO4/c1-3-21-12(2)17(20)18-13-8-10-14(11-9-13)22-16-7-5-4-6-15(16)19/h8-12,15-16,19H,3-7H2,1-2H3,(H,18,20)/t12-,15-,16+/m1/s1. The number of ether oxygens (including phenoxy) is 2. The summed E-state index contributed by atoms with van der Waals surface area (Å²) in [4.78, 5) is 11.8. The number of anilines is 1. The molecule has 0 spiro atoms. The lowest BCUT2D eigenvalue weighted by Crippen LogP contribution is -2.34. The van der Waals surface area contributed by atoms with E-state index < -0.39 is 6.10 Å². The molecule has 1 aliphatic carbocycles. The van der Waals surface area contributed by atoms with Crippen LogP contribution < -0.4 is 10.1 Å². The average Bonchev–Trinajstić information content (AvgIpc) is 2.51. The van der Waals surface area contributed by atoms with Crippen molar-refractivity contribution >= 4 is 11.6 Å². The second-order valence-electron chi connectivity index (χ2n) is 5.62. The fourth-order valence-corrected chi connectivity index (χ4v) is 2.58. The van der Waals surface area contributed by atoms with E-state index >= 15 is 0 Å². The molecule has 2 rings (SSSR count). The molecule has 0 heterocycles. The quantitative estimate of drug-likeness (QED) is 0.848. The van der Waals surface area contributed by atoms with Gasteiger partial charge in [0.05, 0.1) is 6.10 Å². The Hall–Kier alpha value is -1.59. The molecule has 0 bridgehead atoms. The van der Waals surface area contributed by atoms with Crippen LogP contribution in [-0.2, 0) is 9.53 Å². The van der Waals surface area contributed by atoms with Gasteiger partial charge in [-0.25, -0.2) is 0 Å². The number of aliphatic hydroxyl groups is 1. The summed E-state index contributed by atoms with van der Waals surface area (Å²) < 4.78 is 11.1. The summed E-state index contributed by atoms with van der Waals surface area (Å²) in [6, 6.07) is 7.20. The smallest absolute Gasteiger partial charge is 0.253 e. The topological polar surface area (TPSA) is 67.8 Å². The maximum absolute atomic E-state index is 11.8. The van der Waals surface area contributed by atoms with E-state index in [0.717, 1.165) is 25.7 Å². The molecule has 1 aromatic rings. The van der Waals surface area contributed by atoms with Crippen molar-refractivity contribution in [2.24, 2.45) is 0 Å². The van der Waals surface area contributed by atoms with Gasteiger partial charge in [0.25, 0.3) is 5.91 Å². The minimum Gasteiger partial charge on any atom is -0.488 e. The number of benzene rings is 1. The first kappa shape index (κ1) is 16.8. The maximum atomic E-state index is 11.8. The number of nitrogens with one attached hydrogen (secondary N) is 1. The molecular formula is C17H25NO4. The number of aliphatic hydroxyl groups excluding tert-OH is 1. The number of hydrogen-bond acceptors (Lipinski definition) is 4. The first-order valence-corrected chi connectivity index (χ1v) is 7.97. The highest BCUT2D eigenvalue weighted by atomic mass is 16.5. The molecule has 1 amide bonds. The van der Waals surface area contributed by atoms with Gasteiger partial charge in [-0.3, -0.25) is 4.79 Å². The molecule has 2 N–H and O–H groups in total. The summed E-state index contributed by atoms with van der Waals surface area (Å²) in [5.41, 5.74) is 0.702. The lowest BCUT2D eigenvalue weighted by atomic mass is 9.95. The molecule has 22 heavy (non-hydrogen) atoms. The largest absolute Gasteiger partial charge is 0.488 e. The van der Waals surface area contributed by atoms with Crippen molar-refractivity contribution in [3.63, 3.8) is 0 Å². The molecule has 3 atom stereocenters. The minimum atomic E-state index is -0.474. The second kappa shape index (κ2) is 8.15. The van der Waals surface area contributed by atoms with E-state index in [1.807, 2.05) is 19.1 Å². The summed E-state index contributed by atoms with van der Waals surface area (Å²) in [6.07, 6.45) is 2.83. The molecule has 1 aromatic carbocycles. The van der Waals surface area contributed by atoms with Crippen molar-refractivity contribution < 1.29 is 19.4 Å². The molecule has 5 heteroatoms. The predicted octanol–water partition coefficient (Wildman–Crippen LogP) is 2.73. The summed E-state index contributed by atoms with van der Waals surface area (Å²) in [7, 11) is 0. The Morgan fingerprint density at radius 2 is 2.00 bits per heavy atom. The SMILES string of the molecule is CCO[C@H](C)C(=O)Nc1ccc(O[C@H]2CCCC[C@H]2O)cc1. The van der Waals surface area contributed by atoms with Gasteiger partial charge < -0.3 is 19.9 Å². The summed E-state index contributed by atoms with van der Waals surface area (Å²) >= 11 is 0. The first-order chi connectivity index (χ1) is 10.6. The summed E-state index contributed by atoms with van der Waals surface area (Å²) in [5, 5.41) is 12.7. The van der Waals surface area contributed by atoms with E-state index in [0.29, 0.717) is 18.0 Å². The molecule has 0 aliphatic heterocycles.